The molecule has 5 heteroatoms. The number of nitrogens with zero attached hydrogens (tertiary/aromatic N) is 1. The van der Waals surface area contributed by atoms with E-state index < -0.39 is 5.97 Å². The summed E-state index contributed by atoms with van der Waals surface area (Å²) in [5, 5.41) is 19.0. The van der Waals surface area contributed by atoms with Crippen molar-refractivity contribution in [2.75, 3.05) is 0 Å². The van der Waals surface area contributed by atoms with Crippen LogP contribution in [-0.2, 0) is 0 Å². The van der Waals surface area contributed by atoms with Gasteiger partial charge < -0.3 is 5.11 Å². The summed E-state index contributed by atoms with van der Waals surface area (Å²) < 4.78 is 0. The average molecular weight is 318 g/mol. The first-order valence-corrected chi connectivity index (χ1v) is 6.67. The molecule has 0 saturated carbocycles. The molecule has 0 heterocycles. The summed E-state index contributed by atoms with van der Waals surface area (Å²) in [5.74, 6) is -1.01. The first-order chi connectivity index (χ1) is 10.0. The number of allylic oxidation sites excluding steroid dienone is 1. The zero-order valence-electron chi connectivity index (χ0n) is 10.7. The van der Waals surface area contributed by atoms with Gasteiger partial charge in [0.1, 0.15) is 0 Å². The molecular weight excluding hydrogens is 309 g/mol. The summed E-state index contributed by atoms with van der Waals surface area (Å²) in [4.78, 5) is 10.8. The summed E-state index contributed by atoms with van der Waals surface area (Å²) in [7, 11) is 0. The second kappa shape index (κ2) is 6.45. The second-order valence-electron chi connectivity index (χ2n) is 4.23. The molecular formula is C16H9Cl2NO2. The van der Waals surface area contributed by atoms with Gasteiger partial charge in [-0.05, 0) is 41.5 Å². The van der Waals surface area contributed by atoms with Crippen molar-refractivity contribution in [3.63, 3.8) is 0 Å². The van der Waals surface area contributed by atoms with Gasteiger partial charge in [0.05, 0.1) is 27.3 Å². The molecule has 2 rings (SSSR count). The van der Waals surface area contributed by atoms with Gasteiger partial charge in [0.2, 0.25) is 0 Å². The average Bonchev–Trinajstić information content (AvgIpc) is 2.48. The lowest BCUT2D eigenvalue weighted by molar-refractivity contribution is 0.0697. The van der Waals surface area contributed by atoms with E-state index in [-0.39, 0.29) is 5.56 Å². The van der Waals surface area contributed by atoms with Crippen LogP contribution in [0, 0.1) is 11.3 Å². The third-order valence-electron chi connectivity index (χ3n) is 2.82. The van der Waals surface area contributed by atoms with E-state index in [0.29, 0.717) is 21.2 Å². The lowest BCUT2D eigenvalue weighted by atomic mass is 10.0. The van der Waals surface area contributed by atoms with E-state index in [1.807, 2.05) is 0 Å². The van der Waals surface area contributed by atoms with Gasteiger partial charge in [-0.1, -0.05) is 41.4 Å². The molecule has 0 spiro atoms. The number of aromatic carboxylic acids is 1. The summed E-state index contributed by atoms with van der Waals surface area (Å²) in [6.07, 6.45) is 1.66. The van der Waals surface area contributed by atoms with E-state index in [0.717, 1.165) is 5.56 Å². The fourth-order valence-electron chi connectivity index (χ4n) is 1.74. The Bertz CT molecular complexity index is 759. The van der Waals surface area contributed by atoms with E-state index in [4.69, 9.17) is 28.3 Å². The van der Waals surface area contributed by atoms with Crippen molar-refractivity contribution in [1.82, 2.24) is 0 Å². The third kappa shape index (κ3) is 3.63. The number of carboxylic acids is 1. The SMILES string of the molecule is N#C/C(=C/c1ccc(Cl)c(Cl)c1)c1ccc(C(=O)O)cc1. The van der Waals surface area contributed by atoms with Crippen LogP contribution in [0.4, 0.5) is 0 Å². The summed E-state index contributed by atoms with van der Waals surface area (Å²) in [6, 6.07) is 13.2. The normalized spacial score (nSPS) is 11.0. The van der Waals surface area contributed by atoms with Crippen molar-refractivity contribution in [3.05, 3.63) is 69.2 Å². The highest BCUT2D eigenvalue weighted by molar-refractivity contribution is 6.42. The van der Waals surface area contributed by atoms with E-state index >= 15 is 0 Å². The van der Waals surface area contributed by atoms with Gasteiger partial charge in [-0.15, -0.1) is 0 Å². The lowest BCUT2D eigenvalue weighted by Gasteiger charge is -2.02. The molecule has 0 radical (unpaired) electrons. The minimum absolute atomic E-state index is 0.172. The van der Waals surface area contributed by atoms with Gasteiger partial charge in [0.15, 0.2) is 0 Å². The highest BCUT2D eigenvalue weighted by Gasteiger charge is 2.06. The standard InChI is InChI=1S/C16H9Cl2NO2/c17-14-6-1-10(8-15(14)18)7-13(9-19)11-2-4-12(5-3-11)16(20)21/h1-8H,(H,20,21)/b13-7-. The van der Waals surface area contributed by atoms with Crippen molar-refractivity contribution in [2.24, 2.45) is 0 Å². The third-order valence-corrected chi connectivity index (χ3v) is 3.56. The van der Waals surface area contributed by atoms with E-state index in [1.54, 1.807) is 36.4 Å². The zero-order valence-corrected chi connectivity index (χ0v) is 12.2. The summed E-state index contributed by atoms with van der Waals surface area (Å²) >= 11 is 11.8. The van der Waals surface area contributed by atoms with Crippen molar-refractivity contribution in [2.45, 2.75) is 0 Å². The quantitative estimate of drug-likeness (QED) is 0.656. The Balaban J connectivity index is 2.39. The minimum Gasteiger partial charge on any atom is -0.478 e. The van der Waals surface area contributed by atoms with E-state index in [9.17, 15) is 10.1 Å². The first kappa shape index (κ1) is 15.1. The van der Waals surface area contributed by atoms with Crippen LogP contribution in [0.1, 0.15) is 21.5 Å². The van der Waals surface area contributed by atoms with Crippen molar-refractivity contribution >= 4 is 40.8 Å². The number of benzene rings is 2. The molecule has 3 nitrogen and oxygen atoms in total. The molecule has 0 atom stereocenters. The predicted octanol–water partition coefficient (Wildman–Crippen LogP) is 4.76. The molecule has 0 fully saturated rings. The molecule has 0 aliphatic heterocycles. The molecule has 0 aliphatic carbocycles. The summed E-state index contributed by atoms with van der Waals surface area (Å²) in [6.45, 7) is 0. The number of carboxylic acid groups (broad SMARTS) is 1. The summed E-state index contributed by atoms with van der Waals surface area (Å²) in [5.41, 5.74) is 1.95. The Kier molecular flexibility index (Phi) is 4.64. The first-order valence-electron chi connectivity index (χ1n) is 5.92. The van der Waals surface area contributed by atoms with Crippen molar-refractivity contribution < 1.29 is 9.90 Å². The Morgan fingerprint density at radius 2 is 1.67 bits per heavy atom. The molecule has 0 saturated heterocycles. The monoisotopic (exact) mass is 317 g/mol. The maximum Gasteiger partial charge on any atom is 0.335 e. The molecule has 0 aliphatic rings. The van der Waals surface area contributed by atoms with Gasteiger partial charge >= 0.3 is 5.97 Å². The number of rotatable bonds is 3. The molecule has 21 heavy (non-hydrogen) atoms. The highest BCUT2D eigenvalue weighted by Crippen LogP contribution is 2.25. The molecule has 0 amide bonds. The van der Waals surface area contributed by atoms with E-state index in [2.05, 4.69) is 6.07 Å². The Hall–Kier alpha value is -2.28. The number of hydrogen-bond donors (Lipinski definition) is 1. The largest absolute Gasteiger partial charge is 0.478 e. The van der Waals surface area contributed by atoms with Crippen LogP contribution in [0.25, 0.3) is 11.6 Å². The molecule has 104 valence electrons. The van der Waals surface area contributed by atoms with Gasteiger partial charge in [0.25, 0.3) is 0 Å². The molecule has 0 unspecified atom stereocenters. The van der Waals surface area contributed by atoms with Crippen LogP contribution < -0.4 is 0 Å². The Labute approximate surface area is 131 Å². The second-order valence-corrected chi connectivity index (χ2v) is 5.04. The number of nitriles is 1. The van der Waals surface area contributed by atoms with Gasteiger partial charge in [0, 0.05) is 0 Å². The molecule has 0 bridgehead atoms. The zero-order chi connectivity index (χ0) is 15.4. The smallest absolute Gasteiger partial charge is 0.335 e. The van der Waals surface area contributed by atoms with Crippen LogP contribution >= 0.6 is 23.2 Å². The molecule has 0 aromatic heterocycles. The number of halogens is 2. The Morgan fingerprint density at radius 3 is 2.19 bits per heavy atom. The van der Waals surface area contributed by atoms with E-state index in [1.165, 1.54) is 12.1 Å². The molecule has 2 aromatic rings. The topological polar surface area (TPSA) is 61.1 Å². The van der Waals surface area contributed by atoms with Gasteiger partial charge in [-0.2, -0.15) is 5.26 Å². The fraction of sp³-hybridized carbons (Fsp3) is 0. The van der Waals surface area contributed by atoms with Crippen molar-refractivity contribution in [1.29, 1.82) is 5.26 Å². The van der Waals surface area contributed by atoms with Crippen molar-refractivity contribution in [3.8, 4) is 6.07 Å². The van der Waals surface area contributed by atoms with Crippen LogP contribution in [0.2, 0.25) is 10.0 Å². The highest BCUT2D eigenvalue weighted by atomic mass is 35.5. The molecule has 2 aromatic carbocycles. The van der Waals surface area contributed by atoms with Crippen LogP contribution in [0.3, 0.4) is 0 Å². The lowest BCUT2D eigenvalue weighted by Crippen LogP contribution is -1.95. The van der Waals surface area contributed by atoms with Crippen LogP contribution in [0.5, 0.6) is 0 Å². The fourth-order valence-corrected chi connectivity index (χ4v) is 2.05. The van der Waals surface area contributed by atoms with Crippen LogP contribution in [0.15, 0.2) is 42.5 Å². The Morgan fingerprint density at radius 1 is 1.05 bits per heavy atom. The maximum atomic E-state index is 10.8. The molecule has 1 N–H and O–H groups in total. The van der Waals surface area contributed by atoms with Gasteiger partial charge in [-0.25, -0.2) is 4.79 Å². The maximum absolute atomic E-state index is 10.8. The minimum atomic E-state index is -1.01. The van der Waals surface area contributed by atoms with Gasteiger partial charge in [-0.3, -0.25) is 0 Å². The predicted molar refractivity (Wildman–Crippen MR) is 83.3 cm³/mol. The number of hydrogen-bond acceptors (Lipinski definition) is 2. The number of carbonyl (C=O) groups is 1. The van der Waals surface area contributed by atoms with Crippen LogP contribution in [-0.4, -0.2) is 11.1 Å².